The van der Waals surface area contributed by atoms with Gasteiger partial charge in [-0.1, -0.05) is 13.8 Å². The van der Waals surface area contributed by atoms with Gasteiger partial charge in [-0.15, -0.1) is 0 Å². The number of aliphatic carboxylic acids is 1. The summed E-state index contributed by atoms with van der Waals surface area (Å²) in [6, 6.07) is -4.49. The van der Waals surface area contributed by atoms with Crippen LogP contribution in [-0.4, -0.2) is 83.7 Å². The summed E-state index contributed by atoms with van der Waals surface area (Å²) < 4.78 is 0. The molecule has 0 aromatic heterocycles. The van der Waals surface area contributed by atoms with E-state index in [9.17, 15) is 24.3 Å². The smallest absolute Gasteiger partial charge is 0.326 e. The van der Waals surface area contributed by atoms with Gasteiger partial charge in [0, 0.05) is 6.54 Å². The van der Waals surface area contributed by atoms with Crippen molar-refractivity contribution in [2.75, 3.05) is 19.7 Å². The Bertz CT molecular complexity index is 699. The average molecular weight is 489 g/mol. The predicted molar refractivity (Wildman–Crippen MR) is 126 cm³/mol. The number of aliphatic hydroxyl groups is 1. The van der Waals surface area contributed by atoms with Gasteiger partial charge in [0.05, 0.1) is 6.61 Å². The lowest BCUT2D eigenvalue weighted by molar-refractivity contribution is -0.142. The number of amides is 3. The third-order valence-corrected chi connectivity index (χ3v) is 4.92. The molecule has 0 aliphatic rings. The molecule has 0 saturated heterocycles. The Morgan fingerprint density at radius 3 is 1.97 bits per heavy atom. The molecule has 0 radical (unpaired) electrons. The van der Waals surface area contributed by atoms with E-state index < -0.39 is 54.5 Å². The number of nitrogens with two attached hydrogens (primary N) is 4. The number of carboxylic acids is 1. The number of nitrogens with one attached hydrogen (secondary N) is 3. The highest BCUT2D eigenvalue weighted by Crippen LogP contribution is 2.08. The van der Waals surface area contributed by atoms with Gasteiger partial charge in [-0.05, 0) is 44.6 Å². The maximum Gasteiger partial charge on any atom is 0.326 e. The van der Waals surface area contributed by atoms with Crippen LogP contribution in [0.15, 0.2) is 4.99 Å². The maximum atomic E-state index is 12.9. The zero-order valence-corrected chi connectivity index (χ0v) is 19.8. The molecule has 0 saturated carbocycles. The predicted octanol–water partition coefficient (Wildman–Crippen LogP) is -3.32. The van der Waals surface area contributed by atoms with Crippen molar-refractivity contribution in [1.29, 1.82) is 0 Å². The number of unbranched alkanes of at least 4 members (excludes halogenated alkanes) is 1. The molecule has 0 aromatic carbocycles. The normalized spacial score (nSPS) is 14.4. The number of guanidine groups is 1. The van der Waals surface area contributed by atoms with Crippen molar-refractivity contribution in [3.05, 3.63) is 0 Å². The van der Waals surface area contributed by atoms with E-state index in [-0.39, 0.29) is 31.3 Å². The molecule has 0 spiro atoms. The molecule has 4 atom stereocenters. The molecule has 14 heteroatoms. The van der Waals surface area contributed by atoms with Crippen molar-refractivity contribution in [1.82, 2.24) is 16.0 Å². The van der Waals surface area contributed by atoms with Crippen molar-refractivity contribution in [3.8, 4) is 0 Å². The van der Waals surface area contributed by atoms with Crippen molar-refractivity contribution < 1.29 is 29.4 Å². The number of hydrogen-bond donors (Lipinski definition) is 9. The molecule has 196 valence electrons. The molecule has 34 heavy (non-hydrogen) atoms. The Labute approximate surface area is 199 Å². The summed E-state index contributed by atoms with van der Waals surface area (Å²) in [6.07, 6.45) is 1.77. The Hall–Kier alpha value is -2.97. The summed E-state index contributed by atoms with van der Waals surface area (Å²) in [4.78, 5) is 53.2. The van der Waals surface area contributed by atoms with Gasteiger partial charge in [0.15, 0.2) is 5.96 Å². The number of carbonyl (C=O) groups is 4. The van der Waals surface area contributed by atoms with Gasteiger partial charge < -0.3 is 49.1 Å². The van der Waals surface area contributed by atoms with Crippen LogP contribution in [0.4, 0.5) is 0 Å². The van der Waals surface area contributed by atoms with Crippen LogP contribution in [-0.2, 0) is 19.2 Å². The van der Waals surface area contributed by atoms with Crippen LogP contribution >= 0.6 is 0 Å². The second kappa shape index (κ2) is 16.6. The summed E-state index contributed by atoms with van der Waals surface area (Å²) in [5, 5.41) is 26.0. The lowest BCUT2D eigenvalue weighted by Gasteiger charge is -2.27. The van der Waals surface area contributed by atoms with Crippen LogP contribution in [0.5, 0.6) is 0 Å². The molecule has 13 N–H and O–H groups in total. The van der Waals surface area contributed by atoms with Gasteiger partial charge in [-0.2, -0.15) is 0 Å². The SMILES string of the molecule is CC(C)C(NC(=O)C(CCCCN)NC(=O)C(N)CO)C(=O)NC(CCCN=C(N)N)C(=O)O. The number of carbonyl (C=O) groups excluding carboxylic acids is 3. The summed E-state index contributed by atoms with van der Waals surface area (Å²) >= 11 is 0. The molecular weight excluding hydrogens is 448 g/mol. The fraction of sp³-hybridized carbons (Fsp3) is 0.750. The minimum absolute atomic E-state index is 0.0768. The first-order valence-electron chi connectivity index (χ1n) is 11.2. The molecule has 0 aliphatic heterocycles. The van der Waals surface area contributed by atoms with E-state index in [0.29, 0.717) is 25.8 Å². The molecule has 0 aromatic rings. The van der Waals surface area contributed by atoms with E-state index in [0.717, 1.165) is 0 Å². The molecular formula is C20H40N8O6. The first-order valence-corrected chi connectivity index (χ1v) is 11.2. The number of rotatable bonds is 17. The monoisotopic (exact) mass is 488 g/mol. The van der Waals surface area contributed by atoms with Gasteiger partial charge in [0.1, 0.15) is 24.2 Å². The van der Waals surface area contributed by atoms with Crippen molar-refractivity contribution in [2.45, 2.75) is 70.1 Å². The zero-order valence-electron chi connectivity index (χ0n) is 19.8. The van der Waals surface area contributed by atoms with Gasteiger partial charge in [0.25, 0.3) is 0 Å². The van der Waals surface area contributed by atoms with Crippen LogP contribution in [0.1, 0.15) is 46.0 Å². The van der Waals surface area contributed by atoms with Crippen LogP contribution < -0.4 is 38.9 Å². The molecule has 14 nitrogen and oxygen atoms in total. The number of aliphatic imine (C=N–C) groups is 1. The van der Waals surface area contributed by atoms with Crippen LogP contribution in [0.3, 0.4) is 0 Å². The van der Waals surface area contributed by atoms with Gasteiger partial charge in [-0.3, -0.25) is 19.4 Å². The first-order chi connectivity index (χ1) is 15.9. The van der Waals surface area contributed by atoms with Gasteiger partial charge >= 0.3 is 5.97 Å². The number of carboxylic acid groups (broad SMARTS) is 1. The quantitative estimate of drug-likeness (QED) is 0.0558. The largest absolute Gasteiger partial charge is 0.480 e. The van der Waals surface area contributed by atoms with E-state index in [1.165, 1.54) is 0 Å². The topological polar surface area (TPSA) is 261 Å². The molecule has 3 amide bonds. The van der Waals surface area contributed by atoms with E-state index in [4.69, 9.17) is 28.0 Å². The van der Waals surface area contributed by atoms with Crippen LogP contribution in [0, 0.1) is 5.92 Å². The third kappa shape index (κ3) is 12.3. The highest BCUT2D eigenvalue weighted by Gasteiger charge is 2.31. The van der Waals surface area contributed by atoms with E-state index in [2.05, 4.69) is 20.9 Å². The third-order valence-electron chi connectivity index (χ3n) is 4.92. The molecule has 0 fully saturated rings. The number of hydrogen-bond acceptors (Lipinski definition) is 8. The second-order valence-corrected chi connectivity index (χ2v) is 8.21. The Morgan fingerprint density at radius 1 is 0.882 bits per heavy atom. The lowest BCUT2D eigenvalue weighted by atomic mass is 10.0. The Kier molecular flexibility index (Phi) is 15.2. The van der Waals surface area contributed by atoms with Crippen molar-refractivity contribution in [3.63, 3.8) is 0 Å². The number of aliphatic hydroxyl groups excluding tert-OH is 1. The highest BCUT2D eigenvalue weighted by molar-refractivity contribution is 5.94. The summed E-state index contributed by atoms with van der Waals surface area (Å²) in [6.45, 7) is 3.37. The molecule has 0 rings (SSSR count). The molecule has 0 heterocycles. The minimum Gasteiger partial charge on any atom is -0.480 e. The van der Waals surface area contributed by atoms with Gasteiger partial charge in [0.2, 0.25) is 17.7 Å². The lowest BCUT2D eigenvalue weighted by Crippen LogP contribution is -2.58. The summed E-state index contributed by atoms with van der Waals surface area (Å²) in [7, 11) is 0. The fourth-order valence-corrected chi connectivity index (χ4v) is 2.93. The molecule has 0 aliphatic carbocycles. The average Bonchev–Trinajstić information content (AvgIpc) is 2.77. The number of nitrogens with zero attached hydrogens (tertiary/aromatic N) is 1. The van der Waals surface area contributed by atoms with Crippen molar-refractivity contribution in [2.24, 2.45) is 33.8 Å². The van der Waals surface area contributed by atoms with Gasteiger partial charge in [-0.25, -0.2) is 4.79 Å². The summed E-state index contributed by atoms with van der Waals surface area (Å²) in [5.74, 6) is -3.78. The Morgan fingerprint density at radius 2 is 1.47 bits per heavy atom. The standard InChI is InChI=1S/C20H40N8O6/c1-11(2)15(18(32)27-14(19(33)34)7-5-9-25-20(23)24)28-17(31)13(6-3-4-8-21)26-16(30)12(22)10-29/h11-15,29H,3-10,21-22H2,1-2H3,(H,26,30)(H,27,32)(H,28,31)(H,33,34)(H4,23,24,25). The molecule has 0 bridgehead atoms. The second-order valence-electron chi connectivity index (χ2n) is 8.21. The van der Waals surface area contributed by atoms with E-state index in [1.807, 2.05) is 0 Å². The minimum atomic E-state index is -1.24. The fourth-order valence-electron chi connectivity index (χ4n) is 2.93. The highest BCUT2D eigenvalue weighted by atomic mass is 16.4. The van der Waals surface area contributed by atoms with E-state index >= 15 is 0 Å². The van der Waals surface area contributed by atoms with Crippen LogP contribution in [0.25, 0.3) is 0 Å². The zero-order chi connectivity index (χ0) is 26.3. The maximum absolute atomic E-state index is 12.9. The summed E-state index contributed by atoms with van der Waals surface area (Å²) in [5.41, 5.74) is 21.5. The Balaban J connectivity index is 5.31. The first kappa shape index (κ1) is 31.0. The van der Waals surface area contributed by atoms with Crippen molar-refractivity contribution >= 4 is 29.7 Å². The van der Waals surface area contributed by atoms with E-state index in [1.54, 1.807) is 13.8 Å². The van der Waals surface area contributed by atoms with Crippen LogP contribution in [0.2, 0.25) is 0 Å². The molecule has 4 unspecified atom stereocenters.